The zero-order valence-electron chi connectivity index (χ0n) is 15.5. The number of benzene rings is 2. The van der Waals surface area contributed by atoms with Crippen LogP contribution in [0.5, 0.6) is 11.5 Å². The molecule has 0 atom stereocenters. The number of ether oxygens (including phenoxy) is 2. The lowest BCUT2D eigenvalue weighted by Gasteiger charge is -2.14. The van der Waals surface area contributed by atoms with Crippen molar-refractivity contribution in [1.82, 2.24) is 4.98 Å². The van der Waals surface area contributed by atoms with Crippen LogP contribution in [-0.2, 0) is 11.2 Å². The number of carbonyl (C=O) groups is 1. The van der Waals surface area contributed by atoms with Gasteiger partial charge in [-0.2, -0.15) is 0 Å². The van der Waals surface area contributed by atoms with Crippen molar-refractivity contribution >= 4 is 28.8 Å². The summed E-state index contributed by atoms with van der Waals surface area (Å²) in [7, 11) is 1.51. The van der Waals surface area contributed by atoms with Crippen LogP contribution in [0.15, 0.2) is 66.3 Å². The lowest BCUT2D eigenvalue weighted by Crippen LogP contribution is -2.11. The number of methoxy groups -OCH3 is 1. The number of aromatic nitrogens is 1. The second kappa shape index (κ2) is 8.81. The van der Waals surface area contributed by atoms with Crippen LogP contribution in [0, 0.1) is 0 Å². The highest BCUT2D eigenvalue weighted by atomic mass is 16.5. The van der Waals surface area contributed by atoms with E-state index in [9.17, 15) is 4.79 Å². The summed E-state index contributed by atoms with van der Waals surface area (Å²) in [4.78, 5) is 19.7. The minimum absolute atomic E-state index is 0.402. The molecule has 0 saturated heterocycles. The zero-order chi connectivity index (χ0) is 19.9. The van der Waals surface area contributed by atoms with Crippen molar-refractivity contribution in [3.05, 3.63) is 72.4 Å². The number of aliphatic imine (C=N–C) groups is 1. The van der Waals surface area contributed by atoms with Crippen LogP contribution in [0.3, 0.4) is 0 Å². The number of pyridine rings is 1. The first-order valence-corrected chi connectivity index (χ1v) is 8.66. The minimum atomic E-state index is -1.05. The summed E-state index contributed by atoms with van der Waals surface area (Å²) in [6.07, 6.45) is 5.72. The Hall–Kier alpha value is -3.67. The average molecular weight is 376 g/mol. The Kier molecular flexibility index (Phi) is 6.01. The van der Waals surface area contributed by atoms with Gasteiger partial charge in [-0.1, -0.05) is 12.1 Å². The molecule has 0 aliphatic carbocycles. The first-order valence-electron chi connectivity index (χ1n) is 8.66. The Morgan fingerprint density at radius 3 is 2.89 bits per heavy atom. The molecule has 0 aliphatic rings. The van der Waals surface area contributed by atoms with Gasteiger partial charge >= 0.3 is 5.97 Å². The highest BCUT2D eigenvalue weighted by Crippen LogP contribution is 2.33. The van der Waals surface area contributed by atoms with Gasteiger partial charge in [-0.3, -0.25) is 9.98 Å². The number of nitrogens with zero attached hydrogens (tertiary/aromatic N) is 2. The Morgan fingerprint density at radius 2 is 2.14 bits per heavy atom. The van der Waals surface area contributed by atoms with Crippen LogP contribution in [0.4, 0.5) is 5.69 Å². The number of carboxylic acids is 1. The molecule has 2 aromatic carbocycles. The maximum Gasteiger partial charge on any atom is 0.341 e. The van der Waals surface area contributed by atoms with Gasteiger partial charge in [0.05, 0.1) is 18.3 Å². The molecule has 28 heavy (non-hydrogen) atoms. The molecule has 0 aliphatic heterocycles. The summed E-state index contributed by atoms with van der Waals surface area (Å²) in [5.41, 5.74) is 3.30. The second-order valence-electron chi connectivity index (χ2n) is 6.03. The van der Waals surface area contributed by atoms with Crippen LogP contribution < -0.4 is 9.47 Å². The smallest absolute Gasteiger partial charge is 0.341 e. The van der Waals surface area contributed by atoms with Gasteiger partial charge in [0.15, 0.2) is 18.1 Å². The maximum absolute atomic E-state index is 10.8. The third-order valence-corrected chi connectivity index (χ3v) is 4.03. The molecule has 3 rings (SSSR count). The predicted octanol–water partition coefficient (Wildman–Crippen LogP) is 4.19. The fraction of sp³-hybridized carbons (Fsp3) is 0.136. The number of hydrogen-bond acceptors (Lipinski definition) is 5. The SMILES string of the molecule is C=CCc1cc(C=Nc2ccc3ncccc3c2)cc(OC)c1OCC(=O)O. The first-order chi connectivity index (χ1) is 13.6. The second-order valence-corrected chi connectivity index (χ2v) is 6.03. The lowest BCUT2D eigenvalue weighted by atomic mass is 10.1. The predicted molar refractivity (Wildman–Crippen MR) is 109 cm³/mol. The van der Waals surface area contributed by atoms with Crippen molar-refractivity contribution in [3.63, 3.8) is 0 Å². The third-order valence-electron chi connectivity index (χ3n) is 4.03. The van der Waals surface area contributed by atoms with Gasteiger partial charge in [0.2, 0.25) is 0 Å². The number of hydrogen-bond donors (Lipinski definition) is 1. The maximum atomic E-state index is 10.8. The highest BCUT2D eigenvalue weighted by molar-refractivity contribution is 5.86. The van der Waals surface area contributed by atoms with Crippen molar-refractivity contribution in [1.29, 1.82) is 0 Å². The van der Waals surface area contributed by atoms with E-state index >= 15 is 0 Å². The summed E-state index contributed by atoms with van der Waals surface area (Å²) in [5.74, 6) is -0.202. The van der Waals surface area contributed by atoms with Crippen molar-refractivity contribution in [3.8, 4) is 11.5 Å². The Balaban J connectivity index is 1.93. The zero-order valence-corrected chi connectivity index (χ0v) is 15.5. The summed E-state index contributed by atoms with van der Waals surface area (Å²) in [6.45, 7) is 3.30. The van der Waals surface area contributed by atoms with E-state index < -0.39 is 12.6 Å². The Bertz CT molecular complexity index is 1040. The van der Waals surface area contributed by atoms with E-state index in [2.05, 4.69) is 16.6 Å². The molecule has 0 fully saturated rings. The molecule has 6 heteroatoms. The average Bonchev–Trinajstić information content (AvgIpc) is 2.71. The van der Waals surface area contributed by atoms with Gasteiger partial charge < -0.3 is 14.6 Å². The molecule has 0 bridgehead atoms. The molecule has 1 aromatic heterocycles. The number of carboxylic acid groups (broad SMARTS) is 1. The van der Waals surface area contributed by atoms with Crippen LogP contribution in [-0.4, -0.2) is 36.0 Å². The molecular formula is C22H20N2O4. The van der Waals surface area contributed by atoms with Crippen LogP contribution in [0.25, 0.3) is 10.9 Å². The standard InChI is InChI=1S/C22H20N2O4/c1-3-5-17-10-15(11-20(27-2)22(17)28-14-21(25)26)13-24-18-7-8-19-16(12-18)6-4-9-23-19/h3-4,6-13H,1,5,14H2,2H3,(H,25,26). The Morgan fingerprint density at radius 1 is 1.29 bits per heavy atom. The summed E-state index contributed by atoms with van der Waals surface area (Å²) < 4.78 is 10.8. The summed E-state index contributed by atoms with van der Waals surface area (Å²) >= 11 is 0. The van der Waals surface area contributed by atoms with E-state index in [1.54, 1.807) is 24.6 Å². The number of fused-ring (bicyclic) bond motifs is 1. The topological polar surface area (TPSA) is 81.0 Å². The molecular weight excluding hydrogens is 356 g/mol. The summed E-state index contributed by atoms with van der Waals surface area (Å²) in [5, 5.41) is 9.90. The van der Waals surface area contributed by atoms with E-state index in [4.69, 9.17) is 14.6 Å². The van der Waals surface area contributed by atoms with Crippen molar-refractivity contribution in [2.75, 3.05) is 13.7 Å². The van der Waals surface area contributed by atoms with E-state index in [1.807, 2.05) is 36.4 Å². The van der Waals surface area contributed by atoms with E-state index in [0.717, 1.165) is 27.7 Å². The van der Waals surface area contributed by atoms with Gasteiger partial charge in [0.25, 0.3) is 0 Å². The molecule has 1 N–H and O–H groups in total. The minimum Gasteiger partial charge on any atom is -0.493 e. The third kappa shape index (κ3) is 4.54. The fourth-order valence-electron chi connectivity index (χ4n) is 2.81. The molecule has 0 radical (unpaired) electrons. The normalized spacial score (nSPS) is 10.9. The van der Waals surface area contributed by atoms with Crippen molar-refractivity contribution < 1.29 is 19.4 Å². The van der Waals surface area contributed by atoms with Crippen LogP contribution >= 0.6 is 0 Å². The molecule has 0 spiro atoms. The van der Waals surface area contributed by atoms with Crippen molar-refractivity contribution in [2.45, 2.75) is 6.42 Å². The number of rotatable bonds is 8. The van der Waals surface area contributed by atoms with E-state index in [-0.39, 0.29) is 0 Å². The molecule has 6 nitrogen and oxygen atoms in total. The molecule has 3 aromatic rings. The monoisotopic (exact) mass is 376 g/mol. The molecule has 0 amide bonds. The van der Waals surface area contributed by atoms with E-state index in [1.165, 1.54) is 7.11 Å². The fourth-order valence-corrected chi connectivity index (χ4v) is 2.81. The van der Waals surface area contributed by atoms with Gasteiger partial charge in [-0.25, -0.2) is 4.79 Å². The van der Waals surface area contributed by atoms with Gasteiger partial charge in [0.1, 0.15) is 0 Å². The highest BCUT2D eigenvalue weighted by Gasteiger charge is 2.13. The van der Waals surface area contributed by atoms with Crippen LogP contribution in [0.1, 0.15) is 11.1 Å². The molecule has 0 unspecified atom stereocenters. The number of aliphatic carboxylic acids is 1. The largest absolute Gasteiger partial charge is 0.493 e. The van der Waals surface area contributed by atoms with Crippen molar-refractivity contribution in [2.24, 2.45) is 4.99 Å². The van der Waals surface area contributed by atoms with Gasteiger partial charge in [0, 0.05) is 23.4 Å². The van der Waals surface area contributed by atoms with Gasteiger partial charge in [-0.15, -0.1) is 6.58 Å². The molecule has 1 heterocycles. The quantitative estimate of drug-likeness (QED) is 0.471. The summed E-state index contributed by atoms with van der Waals surface area (Å²) in [6, 6.07) is 13.3. The van der Waals surface area contributed by atoms with Gasteiger partial charge in [-0.05, 0) is 48.4 Å². The molecule has 142 valence electrons. The number of allylic oxidation sites excluding steroid dienone is 1. The first kappa shape index (κ1) is 19.1. The van der Waals surface area contributed by atoms with Crippen LogP contribution in [0.2, 0.25) is 0 Å². The Labute approximate surface area is 162 Å². The van der Waals surface area contributed by atoms with E-state index in [0.29, 0.717) is 17.9 Å². The molecule has 0 saturated carbocycles. The lowest BCUT2D eigenvalue weighted by molar-refractivity contribution is -0.139.